The Morgan fingerprint density at radius 1 is 1.06 bits per heavy atom. The highest BCUT2D eigenvalue weighted by atomic mass is 14.2. The molecule has 0 N–H and O–H groups in total. The molecule has 2 atom stereocenters. The highest BCUT2D eigenvalue weighted by molar-refractivity contribution is 5.24. The fourth-order valence-corrected chi connectivity index (χ4v) is 2.26. The molecule has 0 fully saturated rings. The van der Waals surface area contributed by atoms with Crippen LogP contribution in [0.2, 0.25) is 0 Å². The van der Waals surface area contributed by atoms with E-state index < -0.39 is 0 Å². The van der Waals surface area contributed by atoms with Crippen LogP contribution in [-0.4, -0.2) is 0 Å². The second-order valence-corrected chi connectivity index (χ2v) is 5.15. The molecule has 0 aromatic heterocycles. The van der Waals surface area contributed by atoms with Crippen LogP contribution in [0.1, 0.15) is 63.5 Å². The average Bonchev–Trinajstić information content (AvgIpc) is 2.29. The Morgan fingerprint density at radius 2 is 1.69 bits per heavy atom. The Balaban J connectivity index is 2.72. The number of benzene rings is 1. The van der Waals surface area contributed by atoms with Gasteiger partial charge in [0, 0.05) is 0 Å². The van der Waals surface area contributed by atoms with Gasteiger partial charge in [0.1, 0.15) is 0 Å². The minimum atomic E-state index is 0.764. The molecule has 0 heterocycles. The summed E-state index contributed by atoms with van der Waals surface area (Å²) < 4.78 is 0. The van der Waals surface area contributed by atoms with Gasteiger partial charge in [-0.15, -0.1) is 0 Å². The lowest BCUT2D eigenvalue weighted by molar-refractivity contribution is 0.435. The van der Waals surface area contributed by atoms with E-state index in [1.165, 1.54) is 36.8 Å². The van der Waals surface area contributed by atoms with Gasteiger partial charge in [-0.2, -0.15) is 0 Å². The van der Waals surface area contributed by atoms with Crippen LogP contribution < -0.4 is 0 Å². The van der Waals surface area contributed by atoms with Gasteiger partial charge in [-0.05, 0) is 37.2 Å². The topological polar surface area (TPSA) is 0 Å². The summed E-state index contributed by atoms with van der Waals surface area (Å²) in [6, 6.07) is 9.12. The number of rotatable bonds is 6. The Morgan fingerprint density at radius 3 is 2.19 bits per heavy atom. The summed E-state index contributed by atoms with van der Waals surface area (Å²) in [4.78, 5) is 0. The molecule has 0 saturated heterocycles. The predicted molar refractivity (Wildman–Crippen MR) is 72.9 cm³/mol. The zero-order valence-corrected chi connectivity index (χ0v) is 11.3. The minimum Gasteiger partial charge on any atom is -0.0654 e. The molecule has 0 spiro atoms. The largest absolute Gasteiger partial charge is 0.0654 e. The van der Waals surface area contributed by atoms with Gasteiger partial charge < -0.3 is 0 Å². The summed E-state index contributed by atoms with van der Waals surface area (Å²) >= 11 is 0. The maximum atomic E-state index is 2.37. The van der Waals surface area contributed by atoms with Crippen LogP contribution >= 0.6 is 0 Å². The zero-order chi connectivity index (χ0) is 12.0. The van der Waals surface area contributed by atoms with Crippen molar-refractivity contribution < 1.29 is 0 Å². The third-order valence-corrected chi connectivity index (χ3v) is 3.57. The van der Waals surface area contributed by atoms with E-state index in [0.717, 1.165) is 11.8 Å². The summed E-state index contributed by atoms with van der Waals surface area (Å²) in [5, 5.41) is 0. The minimum absolute atomic E-state index is 0.764. The summed E-state index contributed by atoms with van der Waals surface area (Å²) in [5.41, 5.74) is 2.90. The van der Waals surface area contributed by atoms with Crippen LogP contribution in [0.25, 0.3) is 0 Å². The lowest BCUT2D eigenvalue weighted by atomic mass is 9.85. The number of aryl methyl sites for hydroxylation is 1. The Labute approximate surface area is 101 Å². The van der Waals surface area contributed by atoms with Crippen LogP contribution in [-0.2, 0) is 0 Å². The molecule has 0 saturated carbocycles. The van der Waals surface area contributed by atoms with Crippen LogP contribution in [0.15, 0.2) is 24.3 Å². The molecule has 0 aliphatic rings. The van der Waals surface area contributed by atoms with Gasteiger partial charge in [-0.3, -0.25) is 0 Å². The summed E-state index contributed by atoms with van der Waals surface area (Å²) in [7, 11) is 0. The lowest BCUT2D eigenvalue weighted by Crippen LogP contribution is -2.04. The van der Waals surface area contributed by atoms with Crippen molar-refractivity contribution in [2.75, 3.05) is 0 Å². The first-order valence-electron chi connectivity index (χ1n) is 6.73. The second kappa shape index (κ2) is 6.73. The van der Waals surface area contributed by atoms with Crippen molar-refractivity contribution in [2.45, 2.75) is 59.3 Å². The van der Waals surface area contributed by atoms with Crippen molar-refractivity contribution in [3.05, 3.63) is 35.4 Å². The molecule has 0 amide bonds. The van der Waals surface area contributed by atoms with E-state index in [1.807, 2.05) is 0 Å². The van der Waals surface area contributed by atoms with Gasteiger partial charge in [0.2, 0.25) is 0 Å². The summed E-state index contributed by atoms with van der Waals surface area (Å²) in [6.45, 7) is 9.12. The molecular weight excluding hydrogens is 192 g/mol. The molecule has 2 unspecified atom stereocenters. The zero-order valence-electron chi connectivity index (χ0n) is 11.3. The first-order chi connectivity index (χ1) is 7.67. The maximum Gasteiger partial charge on any atom is -0.0160 e. The quantitative estimate of drug-likeness (QED) is 0.606. The SMILES string of the molecule is CCCC(CC(C)CC)c1ccc(C)cc1. The van der Waals surface area contributed by atoms with Crippen molar-refractivity contribution in [1.82, 2.24) is 0 Å². The first-order valence-corrected chi connectivity index (χ1v) is 6.73. The molecule has 16 heavy (non-hydrogen) atoms. The monoisotopic (exact) mass is 218 g/mol. The third-order valence-electron chi connectivity index (χ3n) is 3.57. The van der Waals surface area contributed by atoms with E-state index in [4.69, 9.17) is 0 Å². The highest BCUT2D eigenvalue weighted by Gasteiger charge is 2.13. The molecule has 1 aromatic rings. The van der Waals surface area contributed by atoms with Gasteiger partial charge in [0.15, 0.2) is 0 Å². The molecular formula is C16H26. The summed E-state index contributed by atoms with van der Waals surface area (Å²) in [6.07, 6.45) is 5.25. The van der Waals surface area contributed by atoms with E-state index >= 15 is 0 Å². The van der Waals surface area contributed by atoms with Crippen molar-refractivity contribution in [2.24, 2.45) is 5.92 Å². The molecule has 0 bridgehead atoms. The van der Waals surface area contributed by atoms with E-state index in [-0.39, 0.29) is 0 Å². The smallest absolute Gasteiger partial charge is 0.0160 e. The van der Waals surface area contributed by atoms with E-state index in [9.17, 15) is 0 Å². The molecule has 1 rings (SSSR count). The number of hydrogen-bond donors (Lipinski definition) is 0. The van der Waals surface area contributed by atoms with E-state index in [1.54, 1.807) is 0 Å². The highest BCUT2D eigenvalue weighted by Crippen LogP contribution is 2.29. The second-order valence-electron chi connectivity index (χ2n) is 5.15. The predicted octanol–water partition coefficient (Wildman–Crippen LogP) is 5.31. The molecule has 0 heteroatoms. The van der Waals surface area contributed by atoms with Crippen LogP contribution in [0, 0.1) is 12.8 Å². The van der Waals surface area contributed by atoms with Crippen LogP contribution in [0.4, 0.5) is 0 Å². The van der Waals surface area contributed by atoms with Crippen LogP contribution in [0.3, 0.4) is 0 Å². The Hall–Kier alpha value is -0.780. The standard InChI is InChI=1S/C16H26/c1-5-7-16(12-13(3)6-2)15-10-8-14(4)9-11-15/h8-11,13,16H,5-7,12H2,1-4H3. The van der Waals surface area contributed by atoms with E-state index in [0.29, 0.717) is 0 Å². The van der Waals surface area contributed by atoms with Gasteiger partial charge in [0.05, 0.1) is 0 Å². The maximum absolute atomic E-state index is 2.37. The molecule has 0 aliphatic heterocycles. The fraction of sp³-hybridized carbons (Fsp3) is 0.625. The molecule has 0 aliphatic carbocycles. The molecule has 1 aromatic carbocycles. The van der Waals surface area contributed by atoms with Crippen molar-refractivity contribution in [3.8, 4) is 0 Å². The lowest BCUT2D eigenvalue weighted by Gasteiger charge is -2.20. The van der Waals surface area contributed by atoms with Crippen LogP contribution in [0.5, 0.6) is 0 Å². The molecule has 0 radical (unpaired) electrons. The third kappa shape index (κ3) is 4.00. The summed E-state index contributed by atoms with van der Waals surface area (Å²) in [5.74, 6) is 1.61. The van der Waals surface area contributed by atoms with Gasteiger partial charge in [0.25, 0.3) is 0 Å². The van der Waals surface area contributed by atoms with Crippen molar-refractivity contribution in [3.63, 3.8) is 0 Å². The van der Waals surface area contributed by atoms with E-state index in [2.05, 4.69) is 52.0 Å². The Kier molecular flexibility index (Phi) is 5.59. The average molecular weight is 218 g/mol. The van der Waals surface area contributed by atoms with Gasteiger partial charge in [-0.25, -0.2) is 0 Å². The van der Waals surface area contributed by atoms with Gasteiger partial charge in [-0.1, -0.05) is 63.4 Å². The van der Waals surface area contributed by atoms with Crippen molar-refractivity contribution in [1.29, 1.82) is 0 Å². The first kappa shape index (κ1) is 13.3. The van der Waals surface area contributed by atoms with Gasteiger partial charge >= 0.3 is 0 Å². The fourth-order valence-electron chi connectivity index (χ4n) is 2.26. The molecule has 0 nitrogen and oxygen atoms in total. The normalized spacial score (nSPS) is 14.8. The Bertz CT molecular complexity index is 283. The van der Waals surface area contributed by atoms with Crippen molar-refractivity contribution >= 4 is 0 Å². The molecule has 90 valence electrons. The number of hydrogen-bond acceptors (Lipinski definition) is 0.